The van der Waals surface area contributed by atoms with Crippen molar-refractivity contribution >= 4 is 46.6 Å². The van der Waals surface area contributed by atoms with E-state index >= 15 is 0 Å². The van der Waals surface area contributed by atoms with Gasteiger partial charge in [-0.1, -0.05) is 83.6 Å². The van der Waals surface area contributed by atoms with Crippen LogP contribution in [0.4, 0.5) is 16.4 Å². The lowest BCUT2D eigenvalue weighted by atomic mass is 9.87. The number of nitrogens with zero attached hydrogens (tertiary/aromatic N) is 4. The lowest BCUT2D eigenvalue weighted by molar-refractivity contribution is -0.385. The number of hydrogen-bond donors (Lipinski definition) is 3. The second-order valence-electron chi connectivity index (χ2n) is 16.3. The Morgan fingerprint density at radius 2 is 1.82 bits per heavy atom. The molecule has 3 heterocycles. The average molecular weight is 843 g/mol. The van der Waals surface area contributed by atoms with Crippen LogP contribution in [-0.2, 0) is 36.6 Å². The molecular weight excluding hydrogens is 793 g/mol. The number of carbonyl (C=O) groups excluding carboxylic acids is 2. The Morgan fingerprint density at radius 3 is 2.47 bits per heavy atom. The fourth-order valence-corrected chi connectivity index (χ4v) is 8.25. The molecule has 318 valence electrons. The Labute approximate surface area is 351 Å². The molecule has 60 heavy (non-hydrogen) atoms. The molecule has 1 saturated heterocycles. The number of aromatic amines is 1. The molecule has 1 aliphatic rings. The number of nitro groups is 1. The van der Waals surface area contributed by atoms with E-state index in [0.29, 0.717) is 17.7 Å². The van der Waals surface area contributed by atoms with Gasteiger partial charge in [0.05, 0.1) is 17.4 Å². The molecule has 3 aromatic carbocycles. The van der Waals surface area contributed by atoms with E-state index in [2.05, 4.69) is 41.0 Å². The fraction of sp³-hybridized carbons (Fsp3) is 0.419. The number of aliphatic hydroxyl groups excluding tert-OH is 1. The van der Waals surface area contributed by atoms with E-state index in [4.69, 9.17) is 18.9 Å². The lowest BCUT2D eigenvalue weighted by Crippen LogP contribution is -2.43. The van der Waals surface area contributed by atoms with Gasteiger partial charge in [-0.25, -0.2) is 9.78 Å². The molecular formula is C43H50N6O10S. The van der Waals surface area contributed by atoms with Gasteiger partial charge in [-0.05, 0) is 67.1 Å². The van der Waals surface area contributed by atoms with E-state index in [9.17, 15) is 29.6 Å². The molecule has 2 aromatic heterocycles. The number of aliphatic hydroxyl groups is 1. The van der Waals surface area contributed by atoms with E-state index in [-0.39, 0.29) is 41.4 Å². The van der Waals surface area contributed by atoms with Gasteiger partial charge in [-0.15, -0.1) is 0 Å². The number of nitro benzene ring substituents is 1. The van der Waals surface area contributed by atoms with E-state index in [0.717, 1.165) is 20.9 Å². The highest BCUT2D eigenvalue weighted by Gasteiger charge is 2.58. The summed E-state index contributed by atoms with van der Waals surface area (Å²) in [6.45, 7) is 13.9. The number of ether oxygens (including phenoxy) is 4. The summed E-state index contributed by atoms with van der Waals surface area (Å²) in [5.74, 6) is -1.45. The Hall–Kier alpha value is -5.78. The first-order valence-corrected chi connectivity index (χ1v) is 20.4. The summed E-state index contributed by atoms with van der Waals surface area (Å²) >= 11 is 1.50. The number of aromatic nitrogens is 4. The molecule has 1 fully saturated rings. The van der Waals surface area contributed by atoms with Crippen molar-refractivity contribution in [2.75, 3.05) is 25.1 Å². The van der Waals surface area contributed by atoms with Crippen LogP contribution >= 0.6 is 11.8 Å². The van der Waals surface area contributed by atoms with Crippen LogP contribution in [0.5, 0.6) is 5.75 Å². The smallest absolute Gasteiger partial charge is 0.484 e. The summed E-state index contributed by atoms with van der Waals surface area (Å²) < 4.78 is 24.5. The first-order valence-electron chi connectivity index (χ1n) is 19.6. The molecule has 0 radical (unpaired) electrons. The minimum absolute atomic E-state index is 0.0346. The number of hydrogen-bond acceptors (Lipinski definition) is 13. The number of carbonyl (C=O) groups is 2. The molecule has 5 atom stereocenters. The number of nitrogens with one attached hydrogen (secondary N) is 2. The van der Waals surface area contributed by atoms with Crippen LogP contribution in [0.2, 0.25) is 0 Å². The van der Waals surface area contributed by atoms with Crippen LogP contribution in [0, 0.1) is 16.0 Å². The second-order valence-corrected chi connectivity index (χ2v) is 17.4. The highest BCUT2D eigenvalue weighted by atomic mass is 32.2. The van der Waals surface area contributed by atoms with Crippen molar-refractivity contribution in [3.63, 3.8) is 0 Å². The van der Waals surface area contributed by atoms with Crippen molar-refractivity contribution in [2.24, 2.45) is 5.92 Å². The molecule has 5 aromatic rings. The van der Waals surface area contributed by atoms with Crippen LogP contribution in [0.15, 0.2) is 87.6 Å². The predicted molar refractivity (Wildman–Crippen MR) is 224 cm³/mol. The number of aryl methyl sites for hydroxylation is 1. The summed E-state index contributed by atoms with van der Waals surface area (Å²) in [5.41, 5.74) is -1.18. The van der Waals surface area contributed by atoms with Gasteiger partial charge in [-0.2, -0.15) is 4.98 Å². The van der Waals surface area contributed by atoms with E-state index in [1.165, 1.54) is 22.7 Å². The molecule has 0 bridgehead atoms. The molecule has 6 rings (SSSR count). The predicted octanol–water partition coefficient (Wildman–Crippen LogP) is 7.47. The maximum atomic E-state index is 13.1. The Kier molecular flexibility index (Phi) is 12.7. The minimum atomic E-state index is -1.46. The van der Waals surface area contributed by atoms with Gasteiger partial charge < -0.3 is 24.1 Å². The molecule has 0 saturated carbocycles. The highest BCUT2D eigenvalue weighted by Crippen LogP contribution is 2.47. The third-order valence-electron chi connectivity index (χ3n) is 10.8. The third-order valence-corrected chi connectivity index (χ3v) is 11.9. The Balaban J connectivity index is 1.10. The quantitative estimate of drug-likeness (QED) is 0.0564. The van der Waals surface area contributed by atoms with Crippen molar-refractivity contribution in [3.8, 4) is 5.75 Å². The van der Waals surface area contributed by atoms with E-state index in [1.807, 2.05) is 49.4 Å². The van der Waals surface area contributed by atoms with Crippen LogP contribution in [0.25, 0.3) is 11.2 Å². The minimum Gasteiger partial charge on any atom is -0.484 e. The third kappa shape index (κ3) is 9.32. The van der Waals surface area contributed by atoms with Crippen molar-refractivity contribution < 1.29 is 38.6 Å². The number of benzene rings is 3. The van der Waals surface area contributed by atoms with Crippen molar-refractivity contribution in [1.82, 2.24) is 19.5 Å². The van der Waals surface area contributed by atoms with Gasteiger partial charge in [0.1, 0.15) is 24.6 Å². The van der Waals surface area contributed by atoms with E-state index < -0.39 is 58.4 Å². The van der Waals surface area contributed by atoms with E-state index in [1.54, 1.807) is 52.0 Å². The van der Waals surface area contributed by atoms with Gasteiger partial charge in [0.15, 0.2) is 23.5 Å². The number of rotatable bonds is 14. The molecule has 3 N–H and O–H groups in total. The summed E-state index contributed by atoms with van der Waals surface area (Å²) in [6.07, 6.45) is -0.306. The largest absolute Gasteiger partial charge is 0.508 e. The molecule has 1 amide bonds. The average Bonchev–Trinajstić information content (AvgIpc) is 3.72. The normalized spacial score (nSPS) is 20.8. The van der Waals surface area contributed by atoms with Crippen LogP contribution in [0.3, 0.4) is 0 Å². The molecule has 16 nitrogen and oxygen atoms in total. The molecule has 1 aliphatic heterocycles. The lowest BCUT2D eigenvalue weighted by Gasteiger charge is -2.32. The van der Waals surface area contributed by atoms with Gasteiger partial charge in [0, 0.05) is 33.3 Å². The first-order chi connectivity index (χ1) is 28.3. The zero-order chi connectivity index (χ0) is 43.6. The molecule has 0 spiro atoms. The second kappa shape index (κ2) is 17.4. The number of fused-ring (bicyclic) bond motifs is 1. The van der Waals surface area contributed by atoms with Gasteiger partial charge >= 0.3 is 6.16 Å². The number of H-pyrrole nitrogens is 1. The van der Waals surface area contributed by atoms with Gasteiger partial charge in [0.25, 0.3) is 17.2 Å². The summed E-state index contributed by atoms with van der Waals surface area (Å²) in [4.78, 5) is 63.6. The van der Waals surface area contributed by atoms with Gasteiger partial charge in [0.2, 0.25) is 5.95 Å². The van der Waals surface area contributed by atoms with Gasteiger partial charge in [-0.3, -0.25) is 34.6 Å². The molecule has 17 heteroatoms. The SMILES string of the molecule is CCc1cc([N+](=O)[O-])c(C(C)COC(=O)OC[C@@]2(C)O[C@@](C)(n3cnc4c(=O)[nH]c(NC(=O)COc5ccc(C(C)(C)C)cc5)nc43)C(C)C2O)cc1Sc1ccccc1. The topological polar surface area (TPSA) is 210 Å². The first kappa shape index (κ1) is 43.8. The van der Waals surface area contributed by atoms with Crippen LogP contribution < -0.4 is 15.6 Å². The maximum absolute atomic E-state index is 13.1. The number of amides is 1. The number of anilines is 1. The zero-order valence-electron chi connectivity index (χ0n) is 34.8. The van der Waals surface area contributed by atoms with Crippen molar-refractivity contribution in [3.05, 3.63) is 110 Å². The van der Waals surface area contributed by atoms with Crippen LogP contribution in [0.1, 0.15) is 78.0 Å². The summed E-state index contributed by atoms with van der Waals surface area (Å²) in [5, 5.41) is 26.1. The summed E-state index contributed by atoms with van der Waals surface area (Å²) in [6, 6.07) is 20.5. The summed E-state index contributed by atoms with van der Waals surface area (Å²) in [7, 11) is 0. The Bertz CT molecular complexity index is 2430. The highest BCUT2D eigenvalue weighted by molar-refractivity contribution is 7.99. The van der Waals surface area contributed by atoms with Crippen molar-refractivity contribution in [2.45, 2.75) is 100 Å². The monoisotopic (exact) mass is 842 g/mol. The van der Waals surface area contributed by atoms with Crippen LogP contribution in [-0.4, -0.2) is 73.1 Å². The Morgan fingerprint density at radius 1 is 1.12 bits per heavy atom. The number of imidazole rings is 1. The molecule has 0 aliphatic carbocycles. The zero-order valence-corrected chi connectivity index (χ0v) is 35.6. The standard InChI is InChI=1S/C43H50N6O10S/c1-9-27-19-32(49(54)55)31(20-33(27)60-30-13-11-10-12-14-30)25(2)21-57-40(53)58-23-42(7)36(51)26(3)43(8,59-42)48-24-44-35-37(48)46-39(47-38(35)52)45-34(50)22-56-29-17-15-28(16-18-29)41(4,5)6/h10-20,24-26,36,51H,9,21-23H2,1-8H3,(H2,45,46,47,50,52)/t25?,26?,36?,42-,43-/m1/s1. The fourth-order valence-electron chi connectivity index (χ4n) is 7.19. The van der Waals surface area contributed by atoms with Crippen molar-refractivity contribution in [1.29, 1.82) is 0 Å². The molecule has 3 unspecified atom stereocenters. The maximum Gasteiger partial charge on any atom is 0.508 e.